The fourth-order valence-electron chi connectivity index (χ4n) is 4.27. The number of H-pyrrole nitrogens is 1. The number of rotatable bonds is 3. The predicted molar refractivity (Wildman–Crippen MR) is 128 cm³/mol. The van der Waals surface area contributed by atoms with Crippen molar-refractivity contribution in [2.75, 3.05) is 0 Å². The summed E-state index contributed by atoms with van der Waals surface area (Å²) in [7, 11) is 0. The van der Waals surface area contributed by atoms with Crippen LogP contribution in [-0.4, -0.2) is 24.5 Å². The molecular weight excluding hydrogens is 410 g/mol. The van der Waals surface area contributed by atoms with E-state index in [1.807, 2.05) is 95.6 Å². The molecule has 0 atom stereocenters. The van der Waals surface area contributed by atoms with Crippen molar-refractivity contribution in [2.45, 2.75) is 0 Å². The van der Waals surface area contributed by atoms with Crippen LogP contribution in [0.15, 0.2) is 95.4 Å². The molecule has 1 radical (unpaired) electrons. The maximum atomic E-state index is 6.20. The van der Waals surface area contributed by atoms with Gasteiger partial charge < -0.3 is 9.40 Å². The minimum Gasteiger partial charge on any atom is -0.436 e. The quantitative estimate of drug-likeness (QED) is 0.366. The second kappa shape index (κ2) is 6.90. The molecule has 0 amide bonds. The number of oxazole rings is 1. The molecule has 1 N–H and O–H groups in total. The first-order valence-corrected chi connectivity index (χ1v) is 10.6. The van der Waals surface area contributed by atoms with Crippen molar-refractivity contribution in [3.8, 4) is 28.5 Å². The highest BCUT2D eigenvalue weighted by Crippen LogP contribution is 2.38. The molecule has 3 aromatic heterocycles. The molecule has 0 bridgehead atoms. The second-order valence-corrected chi connectivity index (χ2v) is 7.83. The Morgan fingerprint density at radius 3 is 2.39 bits per heavy atom. The molecule has 6 nitrogen and oxygen atoms in total. The lowest BCUT2D eigenvalue weighted by atomic mass is 10.0. The van der Waals surface area contributed by atoms with E-state index in [0.717, 1.165) is 55.8 Å². The van der Waals surface area contributed by atoms with Gasteiger partial charge in [0, 0.05) is 11.3 Å². The smallest absolute Gasteiger partial charge is 0.230 e. The third-order valence-corrected chi connectivity index (χ3v) is 5.83. The summed E-state index contributed by atoms with van der Waals surface area (Å²) in [5.41, 5.74) is 7.71. The Bertz CT molecular complexity index is 1710. The predicted octanol–water partition coefficient (Wildman–Crippen LogP) is 6.18. The van der Waals surface area contributed by atoms with Crippen molar-refractivity contribution >= 4 is 33.2 Å². The van der Waals surface area contributed by atoms with Gasteiger partial charge in [0.15, 0.2) is 11.9 Å². The van der Waals surface area contributed by atoms with E-state index in [4.69, 9.17) is 14.4 Å². The van der Waals surface area contributed by atoms with Crippen LogP contribution in [0, 0.1) is 6.33 Å². The monoisotopic (exact) mass is 426 g/mol. The molecule has 0 spiro atoms. The van der Waals surface area contributed by atoms with Gasteiger partial charge in [0.2, 0.25) is 5.89 Å². The van der Waals surface area contributed by atoms with E-state index in [2.05, 4.69) is 16.3 Å². The van der Waals surface area contributed by atoms with Crippen LogP contribution in [-0.2, 0) is 0 Å². The van der Waals surface area contributed by atoms with Gasteiger partial charge in [-0.1, -0.05) is 42.5 Å². The lowest BCUT2D eigenvalue weighted by Gasteiger charge is -2.08. The maximum Gasteiger partial charge on any atom is 0.230 e. The van der Waals surface area contributed by atoms with Gasteiger partial charge in [-0.05, 0) is 48.5 Å². The van der Waals surface area contributed by atoms with Crippen LogP contribution in [0.25, 0.3) is 61.7 Å². The molecule has 0 saturated heterocycles. The first kappa shape index (κ1) is 17.9. The van der Waals surface area contributed by atoms with Gasteiger partial charge in [-0.15, -0.1) is 0 Å². The zero-order chi connectivity index (χ0) is 21.8. The van der Waals surface area contributed by atoms with Gasteiger partial charge in [0.05, 0.1) is 22.1 Å². The number of imidazole rings is 2. The summed E-state index contributed by atoms with van der Waals surface area (Å²) in [4.78, 5) is 17.7. The molecule has 7 rings (SSSR count). The Labute approximate surface area is 188 Å². The summed E-state index contributed by atoms with van der Waals surface area (Å²) in [6.07, 6.45) is 3.15. The van der Waals surface area contributed by atoms with Crippen molar-refractivity contribution in [3.63, 3.8) is 0 Å². The van der Waals surface area contributed by atoms with Gasteiger partial charge in [-0.3, -0.25) is 4.57 Å². The summed E-state index contributed by atoms with van der Waals surface area (Å²) >= 11 is 0. The average Bonchev–Trinajstić information content (AvgIpc) is 3.59. The fraction of sp³-hybridized carbons (Fsp3) is 0. The molecule has 0 aliphatic rings. The normalized spacial score (nSPS) is 11.6. The standard InChI is InChI=1S/C27H16N5O/c1-2-8-17(9-3-1)32-16-28-25-22(32)15-14-18(26-29-19-10-4-5-11-20(19)30-26)24(25)27-31-21-12-6-7-13-23(21)33-27/h1-15H,(H,29,30). The van der Waals surface area contributed by atoms with E-state index in [0.29, 0.717) is 5.89 Å². The third-order valence-electron chi connectivity index (χ3n) is 5.83. The number of benzene rings is 4. The molecule has 4 aromatic carbocycles. The lowest BCUT2D eigenvalue weighted by molar-refractivity contribution is 0.620. The molecular formula is C27H16N5O. The van der Waals surface area contributed by atoms with Crippen LogP contribution in [0.1, 0.15) is 0 Å². The van der Waals surface area contributed by atoms with Crippen molar-refractivity contribution in [2.24, 2.45) is 0 Å². The lowest BCUT2D eigenvalue weighted by Crippen LogP contribution is -1.93. The van der Waals surface area contributed by atoms with E-state index < -0.39 is 0 Å². The zero-order valence-corrected chi connectivity index (χ0v) is 17.4. The van der Waals surface area contributed by atoms with E-state index in [9.17, 15) is 0 Å². The number of aromatic amines is 1. The summed E-state index contributed by atoms with van der Waals surface area (Å²) in [6, 6.07) is 29.9. The Morgan fingerprint density at radius 1 is 0.758 bits per heavy atom. The van der Waals surface area contributed by atoms with Crippen LogP contribution in [0.4, 0.5) is 0 Å². The Hall–Kier alpha value is -4.71. The highest BCUT2D eigenvalue weighted by Gasteiger charge is 2.22. The van der Waals surface area contributed by atoms with Crippen molar-refractivity contribution in [1.29, 1.82) is 0 Å². The first-order valence-electron chi connectivity index (χ1n) is 10.6. The number of para-hydroxylation sites is 5. The van der Waals surface area contributed by atoms with Gasteiger partial charge in [-0.2, -0.15) is 0 Å². The number of hydrogen-bond donors (Lipinski definition) is 1. The van der Waals surface area contributed by atoms with Crippen molar-refractivity contribution in [1.82, 2.24) is 24.5 Å². The van der Waals surface area contributed by atoms with Crippen molar-refractivity contribution < 1.29 is 4.42 Å². The molecule has 155 valence electrons. The number of nitrogens with one attached hydrogen (secondary N) is 1. The second-order valence-electron chi connectivity index (χ2n) is 7.83. The summed E-state index contributed by atoms with van der Waals surface area (Å²) in [5.74, 6) is 1.24. The minimum absolute atomic E-state index is 0.504. The molecule has 0 saturated carbocycles. The van der Waals surface area contributed by atoms with Gasteiger partial charge >= 0.3 is 0 Å². The average molecular weight is 426 g/mol. The maximum absolute atomic E-state index is 6.20. The molecule has 0 unspecified atom stereocenters. The van der Waals surface area contributed by atoms with Gasteiger partial charge in [0.25, 0.3) is 0 Å². The molecule has 6 heteroatoms. The number of hydrogen-bond acceptors (Lipinski definition) is 4. The van der Waals surface area contributed by atoms with Crippen LogP contribution < -0.4 is 0 Å². The van der Waals surface area contributed by atoms with Crippen LogP contribution in [0.2, 0.25) is 0 Å². The van der Waals surface area contributed by atoms with E-state index in [-0.39, 0.29) is 0 Å². The number of aromatic nitrogens is 5. The van der Waals surface area contributed by atoms with E-state index >= 15 is 0 Å². The van der Waals surface area contributed by atoms with Crippen LogP contribution >= 0.6 is 0 Å². The fourth-order valence-corrected chi connectivity index (χ4v) is 4.27. The van der Waals surface area contributed by atoms with Crippen molar-refractivity contribution in [3.05, 3.63) is 97.3 Å². The van der Waals surface area contributed by atoms with E-state index in [1.165, 1.54) is 0 Å². The third kappa shape index (κ3) is 2.78. The van der Waals surface area contributed by atoms with Gasteiger partial charge in [-0.25, -0.2) is 15.0 Å². The van der Waals surface area contributed by atoms with Crippen LogP contribution in [0.5, 0.6) is 0 Å². The molecule has 7 aromatic rings. The zero-order valence-electron chi connectivity index (χ0n) is 17.4. The van der Waals surface area contributed by atoms with Crippen LogP contribution in [0.3, 0.4) is 0 Å². The summed E-state index contributed by atoms with van der Waals surface area (Å²) < 4.78 is 8.15. The highest BCUT2D eigenvalue weighted by atomic mass is 16.3. The van der Waals surface area contributed by atoms with E-state index in [1.54, 1.807) is 0 Å². The Morgan fingerprint density at radius 2 is 1.55 bits per heavy atom. The summed E-state index contributed by atoms with van der Waals surface area (Å²) in [5, 5.41) is 0. The highest BCUT2D eigenvalue weighted by molar-refractivity contribution is 6.00. The minimum atomic E-state index is 0.504. The topological polar surface area (TPSA) is 72.5 Å². The summed E-state index contributed by atoms with van der Waals surface area (Å²) in [6.45, 7) is 0. The Kier molecular flexibility index (Phi) is 3.75. The SMILES string of the molecule is [c]1nc2c(-c3nc4ccccc4o3)c(-c3nc4ccccc4[nH]3)ccc2n1-c1ccccc1. The molecule has 0 aliphatic heterocycles. The van der Waals surface area contributed by atoms with Gasteiger partial charge in [0.1, 0.15) is 16.9 Å². The first-order chi connectivity index (χ1) is 16.3. The number of fused-ring (bicyclic) bond motifs is 3. The number of nitrogens with zero attached hydrogens (tertiary/aromatic N) is 4. The molecule has 33 heavy (non-hydrogen) atoms. The molecule has 0 aliphatic carbocycles. The largest absolute Gasteiger partial charge is 0.436 e. The Balaban J connectivity index is 1.54. The molecule has 3 heterocycles. The molecule has 0 fully saturated rings.